The molecule has 0 bridgehead atoms. The predicted octanol–water partition coefficient (Wildman–Crippen LogP) is 0.933. The fourth-order valence-electron chi connectivity index (χ4n) is 3.03. The standard InChI is InChI=1S/C16H20N8O/c1-11(2)12-9-14(24-13(20-12)3-4-19-24)22-5-7-23(8-6-22)16(25)15-17-10-18-21-15/h3-4,9-11H,5-8H2,1-2H3,(H,17,18,21). The van der Waals surface area contributed by atoms with Gasteiger partial charge in [-0.2, -0.15) is 14.7 Å². The van der Waals surface area contributed by atoms with Gasteiger partial charge in [0.15, 0.2) is 5.65 Å². The molecule has 9 heteroatoms. The van der Waals surface area contributed by atoms with Gasteiger partial charge in [0, 0.05) is 44.0 Å². The molecule has 9 nitrogen and oxygen atoms in total. The summed E-state index contributed by atoms with van der Waals surface area (Å²) in [5, 5.41) is 10.8. The summed E-state index contributed by atoms with van der Waals surface area (Å²) in [7, 11) is 0. The van der Waals surface area contributed by atoms with Crippen molar-refractivity contribution in [3.05, 3.63) is 36.2 Å². The first-order chi connectivity index (χ1) is 12.1. The van der Waals surface area contributed by atoms with Gasteiger partial charge in [-0.1, -0.05) is 13.8 Å². The van der Waals surface area contributed by atoms with Gasteiger partial charge in [0.2, 0.25) is 5.82 Å². The van der Waals surface area contributed by atoms with Crippen LogP contribution in [0.4, 0.5) is 5.82 Å². The van der Waals surface area contributed by atoms with Crippen molar-refractivity contribution < 1.29 is 4.79 Å². The number of piperazine rings is 1. The van der Waals surface area contributed by atoms with Gasteiger partial charge in [-0.15, -0.1) is 0 Å². The molecular formula is C16H20N8O. The molecule has 1 saturated heterocycles. The Labute approximate surface area is 144 Å². The van der Waals surface area contributed by atoms with Crippen LogP contribution in [0, 0.1) is 0 Å². The SMILES string of the molecule is CC(C)c1cc(N2CCN(C(=O)c3ncn[nH]3)CC2)n2nccc2n1. The van der Waals surface area contributed by atoms with E-state index in [1.807, 2.05) is 10.6 Å². The molecule has 25 heavy (non-hydrogen) atoms. The number of H-pyrrole nitrogens is 1. The molecule has 1 amide bonds. The maximum atomic E-state index is 12.4. The first-order valence-corrected chi connectivity index (χ1v) is 8.38. The van der Waals surface area contributed by atoms with E-state index in [1.165, 1.54) is 6.33 Å². The van der Waals surface area contributed by atoms with Crippen molar-refractivity contribution in [1.82, 2.24) is 34.7 Å². The second-order valence-corrected chi connectivity index (χ2v) is 6.41. The zero-order chi connectivity index (χ0) is 17.4. The number of aromatic amines is 1. The zero-order valence-electron chi connectivity index (χ0n) is 14.3. The number of fused-ring (bicyclic) bond motifs is 1. The lowest BCUT2D eigenvalue weighted by atomic mass is 10.1. The van der Waals surface area contributed by atoms with Crippen LogP contribution >= 0.6 is 0 Å². The Kier molecular flexibility index (Phi) is 3.83. The third-order valence-corrected chi connectivity index (χ3v) is 4.46. The quantitative estimate of drug-likeness (QED) is 0.762. The number of rotatable bonds is 3. The van der Waals surface area contributed by atoms with Crippen molar-refractivity contribution in [2.24, 2.45) is 0 Å². The lowest BCUT2D eigenvalue weighted by Crippen LogP contribution is -2.49. The molecule has 1 N–H and O–H groups in total. The molecule has 3 aromatic heterocycles. The number of hydrogen-bond acceptors (Lipinski definition) is 6. The minimum atomic E-state index is -0.112. The summed E-state index contributed by atoms with van der Waals surface area (Å²) in [4.78, 5) is 25.0. The normalized spacial score (nSPS) is 15.3. The lowest BCUT2D eigenvalue weighted by Gasteiger charge is -2.35. The number of nitrogens with zero attached hydrogens (tertiary/aromatic N) is 7. The molecule has 0 aliphatic carbocycles. The largest absolute Gasteiger partial charge is 0.353 e. The summed E-state index contributed by atoms with van der Waals surface area (Å²) in [6.45, 7) is 6.98. The minimum absolute atomic E-state index is 0.112. The average Bonchev–Trinajstić information content (AvgIpc) is 3.31. The Balaban J connectivity index is 1.55. The Bertz CT molecular complexity index is 877. The monoisotopic (exact) mass is 340 g/mol. The molecule has 0 unspecified atom stereocenters. The van der Waals surface area contributed by atoms with Crippen LogP contribution < -0.4 is 4.90 Å². The summed E-state index contributed by atoms with van der Waals surface area (Å²) in [6, 6.07) is 4.01. The smallest absolute Gasteiger partial charge is 0.291 e. The van der Waals surface area contributed by atoms with Crippen LogP contribution in [0.25, 0.3) is 5.65 Å². The van der Waals surface area contributed by atoms with E-state index in [-0.39, 0.29) is 11.7 Å². The van der Waals surface area contributed by atoms with Crippen LogP contribution in [0.3, 0.4) is 0 Å². The number of aromatic nitrogens is 6. The van der Waals surface area contributed by atoms with Gasteiger partial charge >= 0.3 is 0 Å². The second kappa shape index (κ2) is 6.15. The Morgan fingerprint density at radius 3 is 2.72 bits per heavy atom. The van der Waals surface area contributed by atoms with E-state index in [2.05, 4.69) is 50.1 Å². The summed E-state index contributed by atoms with van der Waals surface area (Å²) in [6.07, 6.45) is 3.11. The Morgan fingerprint density at radius 1 is 1.24 bits per heavy atom. The van der Waals surface area contributed by atoms with E-state index in [9.17, 15) is 4.79 Å². The molecule has 4 heterocycles. The Hall–Kier alpha value is -2.97. The first-order valence-electron chi connectivity index (χ1n) is 8.38. The number of nitrogens with one attached hydrogen (secondary N) is 1. The van der Waals surface area contributed by atoms with Gasteiger partial charge in [0.25, 0.3) is 5.91 Å². The van der Waals surface area contributed by atoms with E-state index in [0.29, 0.717) is 19.0 Å². The predicted molar refractivity (Wildman–Crippen MR) is 91.6 cm³/mol. The van der Waals surface area contributed by atoms with E-state index in [0.717, 1.165) is 30.2 Å². The third-order valence-electron chi connectivity index (χ3n) is 4.46. The molecule has 1 fully saturated rings. The van der Waals surface area contributed by atoms with Gasteiger partial charge in [-0.05, 0) is 5.92 Å². The number of amides is 1. The molecule has 1 aliphatic heterocycles. The molecule has 3 aromatic rings. The molecule has 0 spiro atoms. The molecular weight excluding hydrogens is 320 g/mol. The summed E-state index contributed by atoms with van der Waals surface area (Å²) < 4.78 is 1.86. The molecule has 0 radical (unpaired) electrons. The van der Waals surface area contributed by atoms with Crippen LogP contribution in [-0.4, -0.2) is 66.8 Å². The van der Waals surface area contributed by atoms with Crippen molar-refractivity contribution in [2.45, 2.75) is 19.8 Å². The minimum Gasteiger partial charge on any atom is -0.353 e. The lowest BCUT2D eigenvalue weighted by molar-refractivity contribution is 0.0734. The third kappa shape index (κ3) is 2.81. The van der Waals surface area contributed by atoms with E-state index < -0.39 is 0 Å². The van der Waals surface area contributed by atoms with Crippen molar-refractivity contribution >= 4 is 17.4 Å². The maximum absolute atomic E-state index is 12.4. The molecule has 0 saturated carbocycles. The van der Waals surface area contributed by atoms with Gasteiger partial charge in [-0.25, -0.2) is 9.97 Å². The fourth-order valence-corrected chi connectivity index (χ4v) is 3.03. The summed E-state index contributed by atoms with van der Waals surface area (Å²) in [5.74, 6) is 1.53. The zero-order valence-corrected chi connectivity index (χ0v) is 14.3. The van der Waals surface area contributed by atoms with Crippen LogP contribution in [0.2, 0.25) is 0 Å². The van der Waals surface area contributed by atoms with Crippen LogP contribution in [0.15, 0.2) is 24.7 Å². The first kappa shape index (κ1) is 15.6. The van der Waals surface area contributed by atoms with Crippen molar-refractivity contribution in [3.8, 4) is 0 Å². The highest BCUT2D eigenvalue weighted by Crippen LogP contribution is 2.23. The van der Waals surface area contributed by atoms with E-state index >= 15 is 0 Å². The number of carbonyl (C=O) groups is 1. The van der Waals surface area contributed by atoms with Crippen LogP contribution in [-0.2, 0) is 0 Å². The summed E-state index contributed by atoms with van der Waals surface area (Å²) in [5.41, 5.74) is 1.89. The molecule has 130 valence electrons. The van der Waals surface area contributed by atoms with Gasteiger partial charge in [-0.3, -0.25) is 9.89 Å². The molecule has 4 rings (SSSR count). The highest BCUT2D eigenvalue weighted by molar-refractivity contribution is 5.90. The van der Waals surface area contributed by atoms with Gasteiger partial charge in [0.05, 0.1) is 6.20 Å². The molecule has 0 atom stereocenters. The Morgan fingerprint density at radius 2 is 2.04 bits per heavy atom. The second-order valence-electron chi connectivity index (χ2n) is 6.41. The van der Waals surface area contributed by atoms with E-state index in [1.54, 1.807) is 11.1 Å². The van der Waals surface area contributed by atoms with Crippen LogP contribution in [0.5, 0.6) is 0 Å². The highest BCUT2D eigenvalue weighted by Gasteiger charge is 2.25. The van der Waals surface area contributed by atoms with E-state index in [4.69, 9.17) is 0 Å². The van der Waals surface area contributed by atoms with Crippen molar-refractivity contribution in [3.63, 3.8) is 0 Å². The van der Waals surface area contributed by atoms with Crippen molar-refractivity contribution in [2.75, 3.05) is 31.1 Å². The topological polar surface area (TPSA) is 95.3 Å². The molecule has 1 aliphatic rings. The average molecular weight is 340 g/mol. The van der Waals surface area contributed by atoms with Crippen LogP contribution in [0.1, 0.15) is 36.1 Å². The number of anilines is 1. The number of carbonyl (C=O) groups excluding carboxylic acids is 1. The fraction of sp³-hybridized carbons (Fsp3) is 0.438. The number of hydrogen-bond donors (Lipinski definition) is 1. The molecule has 0 aromatic carbocycles. The maximum Gasteiger partial charge on any atom is 0.291 e. The highest BCUT2D eigenvalue weighted by atomic mass is 16.2. The van der Waals surface area contributed by atoms with Crippen molar-refractivity contribution in [1.29, 1.82) is 0 Å². The van der Waals surface area contributed by atoms with Gasteiger partial charge in [0.1, 0.15) is 12.1 Å². The summed E-state index contributed by atoms with van der Waals surface area (Å²) >= 11 is 0. The van der Waals surface area contributed by atoms with Gasteiger partial charge < -0.3 is 9.80 Å².